The molecule has 0 aromatic carbocycles. The van der Waals surface area contributed by atoms with Gasteiger partial charge in [0.05, 0.1) is 5.56 Å². The van der Waals surface area contributed by atoms with Crippen LogP contribution in [0.25, 0.3) is 0 Å². The van der Waals surface area contributed by atoms with Gasteiger partial charge in [-0.1, -0.05) is 19.8 Å². The number of aryl methyl sites for hydroxylation is 1. The molecular formula is C27H41N3O3. The number of nitrogens with one attached hydrogen (secondary N) is 1. The van der Waals surface area contributed by atoms with E-state index in [-0.39, 0.29) is 11.6 Å². The average molecular weight is 456 g/mol. The van der Waals surface area contributed by atoms with E-state index in [4.69, 9.17) is 5.11 Å². The van der Waals surface area contributed by atoms with Crippen molar-refractivity contribution in [3.63, 3.8) is 0 Å². The quantitative estimate of drug-likeness (QED) is 0.407. The molecule has 4 aliphatic rings. The van der Waals surface area contributed by atoms with Crippen LogP contribution in [0.15, 0.2) is 18.3 Å². The number of aromatic nitrogens is 1. The van der Waals surface area contributed by atoms with Crippen LogP contribution in [-0.2, 0) is 6.42 Å². The number of amides is 2. The Kier molecular flexibility index (Phi) is 7.92. The van der Waals surface area contributed by atoms with Crippen LogP contribution >= 0.6 is 0 Å². The van der Waals surface area contributed by atoms with Gasteiger partial charge in [-0.05, 0) is 99.5 Å². The SMILES string of the molecule is CCCCCN(CCC12CC3CC(CC(C3)C1)C2)C(=O)NCCCc1cc(C(=O)O)ccn1. The highest BCUT2D eigenvalue weighted by molar-refractivity contribution is 5.87. The lowest BCUT2D eigenvalue weighted by atomic mass is 9.49. The van der Waals surface area contributed by atoms with E-state index in [0.717, 1.165) is 62.2 Å². The van der Waals surface area contributed by atoms with Gasteiger partial charge in [-0.2, -0.15) is 0 Å². The summed E-state index contributed by atoms with van der Waals surface area (Å²) >= 11 is 0. The zero-order chi connectivity index (χ0) is 23.3. The van der Waals surface area contributed by atoms with E-state index in [1.165, 1.54) is 57.2 Å². The first kappa shape index (κ1) is 24.0. The summed E-state index contributed by atoms with van der Waals surface area (Å²) in [6.07, 6.45) is 16.1. The van der Waals surface area contributed by atoms with Crippen molar-refractivity contribution >= 4 is 12.0 Å². The standard InChI is InChI=1S/C27H41N3O3/c1-2-3-4-11-30(12-8-27-17-20-13-21(18-27)15-22(14-20)19-27)26(33)29-9-5-6-24-16-23(25(31)32)7-10-28-24/h7,10,16,20-22H,2-6,8-9,11-15,17-19H2,1H3,(H,29,33)(H,31,32). The van der Waals surface area contributed by atoms with E-state index in [2.05, 4.69) is 22.1 Å². The molecular weight excluding hydrogens is 414 g/mol. The number of rotatable bonds is 12. The van der Waals surface area contributed by atoms with Gasteiger partial charge in [0.25, 0.3) is 0 Å². The second-order valence-electron chi connectivity index (χ2n) is 11.0. The third-order valence-electron chi connectivity index (χ3n) is 8.35. The van der Waals surface area contributed by atoms with Crippen molar-refractivity contribution in [3.8, 4) is 0 Å². The van der Waals surface area contributed by atoms with Crippen molar-refractivity contribution in [2.75, 3.05) is 19.6 Å². The topological polar surface area (TPSA) is 82.5 Å². The maximum Gasteiger partial charge on any atom is 0.335 e. The molecule has 0 spiro atoms. The van der Waals surface area contributed by atoms with Crippen LogP contribution in [-0.4, -0.2) is 46.6 Å². The molecule has 1 aromatic heterocycles. The Morgan fingerprint density at radius 1 is 1.09 bits per heavy atom. The summed E-state index contributed by atoms with van der Waals surface area (Å²) in [7, 11) is 0. The zero-order valence-electron chi connectivity index (χ0n) is 20.2. The summed E-state index contributed by atoms with van der Waals surface area (Å²) in [6.45, 7) is 4.50. The summed E-state index contributed by atoms with van der Waals surface area (Å²) in [4.78, 5) is 30.5. The highest BCUT2D eigenvalue weighted by Crippen LogP contribution is 2.61. The van der Waals surface area contributed by atoms with Gasteiger partial charge < -0.3 is 15.3 Å². The van der Waals surface area contributed by atoms with Crippen LogP contribution in [0.5, 0.6) is 0 Å². The molecule has 6 heteroatoms. The maximum absolute atomic E-state index is 13.0. The Morgan fingerprint density at radius 3 is 2.42 bits per heavy atom. The highest BCUT2D eigenvalue weighted by Gasteiger charge is 2.50. The second-order valence-corrected chi connectivity index (χ2v) is 11.0. The van der Waals surface area contributed by atoms with Gasteiger partial charge in [0, 0.05) is 31.5 Å². The maximum atomic E-state index is 13.0. The number of hydrogen-bond acceptors (Lipinski definition) is 3. The van der Waals surface area contributed by atoms with Crippen molar-refractivity contribution in [3.05, 3.63) is 29.6 Å². The Bertz CT molecular complexity index is 789. The number of nitrogens with zero attached hydrogens (tertiary/aromatic N) is 2. The lowest BCUT2D eigenvalue weighted by molar-refractivity contribution is -0.0596. The third-order valence-corrected chi connectivity index (χ3v) is 8.35. The van der Waals surface area contributed by atoms with Crippen molar-refractivity contribution in [2.24, 2.45) is 23.2 Å². The van der Waals surface area contributed by atoms with E-state index >= 15 is 0 Å². The molecule has 182 valence electrons. The van der Waals surface area contributed by atoms with Gasteiger partial charge in [0.1, 0.15) is 0 Å². The van der Waals surface area contributed by atoms with E-state index < -0.39 is 5.97 Å². The van der Waals surface area contributed by atoms with E-state index in [0.29, 0.717) is 18.4 Å². The summed E-state index contributed by atoms with van der Waals surface area (Å²) in [6, 6.07) is 3.18. The molecule has 0 aliphatic heterocycles. The molecule has 4 aliphatic carbocycles. The van der Waals surface area contributed by atoms with Crippen LogP contribution in [0.1, 0.15) is 93.6 Å². The predicted octanol–water partition coefficient (Wildman–Crippen LogP) is 5.52. The van der Waals surface area contributed by atoms with Gasteiger partial charge >= 0.3 is 12.0 Å². The molecule has 4 fully saturated rings. The molecule has 0 saturated heterocycles. The van der Waals surface area contributed by atoms with Crippen LogP contribution in [0.4, 0.5) is 4.79 Å². The number of carboxylic acids is 1. The van der Waals surface area contributed by atoms with Gasteiger partial charge in [0.2, 0.25) is 0 Å². The normalized spacial score (nSPS) is 27.5. The van der Waals surface area contributed by atoms with E-state index in [1.54, 1.807) is 6.07 Å². The Morgan fingerprint density at radius 2 is 1.79 bits per heavy atom. The first-order valence-corrected chi connectivity index (χ1v) is 13.2. The number of carboxylic acid groups (broad SMARTS) is 1. The number of pyridine rings is 1. The Labute approximate surface area is 198 Å². The number of urea groups is 1. The van der Waals surface area contributed by atoms with Crippen molar-refractivity contribution in [1.29, 1.82) is 0 Å². The van der Waals surface area contributed by atoms with Crippen LogP contribution in [0.3, 0.4) is 0 Å². The van der Waals surface area contributed by atoms with Crippen molar-refractivity contribution in [1.82, 2.24) is 15.2 Å². The second kappa shape index (κ2) is 10.9. The van der Waals surface area contributed by atoms with Crippen molar-refractivity contribution < 1.29 is 14.7 Å². The predicted molar refractivity (Wildman–Crippen MR) is 129 cm³/mol. The molecule has 6 nitrogen and oxygen atoms in total. The summed E-state index contributed by atoms with van der Waals surface area (Å²) in [5.41, 5.74) is 1.51. The molecule has 2 amide bonds. The monoisotopic (exact) mass is 455 g/mol. The largest absolute Gasteiger partial charge is 0.478 e. The van der Waals surface area contributed by atoms with Gasteiger partial charge in [-0.15, -0.1) is 0 Å². The molecule has 1 heterocycles. The molecule has 2 N–H and O–H groups in total. The Hall–Kier alpha value is -2.11. The Balaban J connectivity index is 1.26. The number of aromatic carboxylic acids is 1. The average Bonchev–Trinajstić information content (AvgIpc) is 2.78. The minimum absolute atomic E-state index is 0.0584. The molecule has 0 radical (unpaired) electrons. The van der Waals surface area contributed by atoms with E-state index in [1.807, 2.05) is 0 Å². The zero-order valence-corrected chi connectivity index (χ0v) is 20.2. The number of carbonyl (C=O) groups is 2. The van der Waals surface area contributed by atoms with Crippen LogP contribution in [0, 0.1) is 23.2 Å². The molecule has 5 rings (SSSR count). The molecule has 0 unspecified atom stereocenters. The smallest absolute Gasteiger partial charge is 0.335 e. The molecule has 1 aromatic rings. The minimum atomic E-state index is -0.936. The van der Waals surface area contributed by atoms with Crippen LogP contribution < -0.4 is 5.32 Å². The van der Waals surface area contributed by atoms with Gasteiger partial charge in [-0.25, -0.2) is 9.59 Å². The van der Waals surface area contributed by atoms with Crippen molar-refractivity contribution in [2.45, 2.75) is 84.0 Å². The number of carbonyl (C=O) groups excluding carboxylic acids is 1. The summed E-state index contributed by atoms with van der Waals surface area (Å²) in [5.74, 6) is 1.92. The van der Waals surface area contributed by atoms with E-state index in [9.17, 15) is 9.59 Å². The minimum Gasteiger partial charge on any atom is -0.478 e. The fraction of sp³-hybridized carbons (Fsp3) is 0.741. The number of hydrogen-bond donors (Lipinski definition) is 2. The summed E-state index contributed by atoms with van der Waals surface area (Å²) < 4.78 is 0. The first-order valence-electron chi connectivity index (χ1n) is 13.2. The number of unbranched alkanes of at least 4 members (excludes halogenated alkanes) is 2. The highest BCUT2D eigenvalue weighted by atomic mass is 16.4. The molecule has 4 saturated carbocycles. The van der Waals surface area contributed by atoms with Gasteiger partial charge in [0.15, 0.2) is 0 Å². The van der Waals surface area contributed by atoms with Gasteiger partial charge in [-0.3, -0.25) is 4.98 Å². The third kappa shape index (κ3) is 6.27. The fourth-order valence-corrected chi connectivity index (χ4v) is 7.16. The molecule has 4 bridgehead atoms. The summed E-state index contributed by atoms with van der Waals surface area (Å²) in [5, 5.41) is 12.2. The fourth-order valence-electron chi connectivity index (χ4n) is 7.16. The lowest BCUT2D eigenvalue weighted by Crippen LogP contribution is -2.48. The van der Waals surface area contributed by atoms with Crippen LogP contribution in [0.2, 0.25) is 0 Å². The first-order chi connectivity index (χ1) is 16.0. The molecule has 0 atom stereocenters. The lowest BCUT2D eigenvalue weighted by Gasteiger charge is -2.57. The molecule has 33 heavy (non-hydrogen) atoms.